The summed E-state index contributed by atoms with van der Waals surface area (Å²) in [6, 6.07) is 2.06. The number of hydrogen-bond acceptors (Lipinski definition) is 3. The first-order chi connectivity index (χ1) is 9.29. The topological polar surface area (TPSA) is 39.4 Å². The van der Waals surface area contributed by atoms with Crippen LogP contribution >= 0.6 is 0 Å². The van der Waals surface area contributed by atoms with Crippen LogP contribution in [0.4, 0.5) is 0 Å². The molecule has 3 nitrogen and oxygen atoms in total. The van der Waals surface area contributed by atoms with E-state index >= 15 is 0 Å². The smallest absolute Gasteiger partial charge is 0.330 e. The van der Waals surface area contributed by atoms with Crippen molar-refractivity contribution in [1.82, 2.24) is 0 Å². The van der Waals surface area contributed by atoms with Crippen molar-refractivity contribution in [2.75, 3.05) is 6.61 Å². The van der Waals surface area contributed by atoms with Gasteiger partial charge in [-0.15, -0.1) is 0 Å². The molecule has 0 saturated heterocycles. The van der Waals surface area contributed by atoms with Crippen molar-refractivity contribution in [2.45, 2.75) is 26.2 Å². The molecule has 0 saturated carbocycles. The second kappa shape index (κ2) is 6.78. The van der Waals surface area contributed by atoms with Crippen molar-refractivity contribution in [2.24, 2.45) is 0 Å². The largest absolute Gasteiger partial charge is 0.463 e. The lowest BCUT2D eigenvalue weighted by atomic mass is 10.2. The number of carbonyl (C=O) groups excluding carboxylic acids is 1. The summed E-state index contributed by atoms with van der Waals surface area (Å²) in [4.78, 5) is 11.1. The van der Waals surface area contributed by atoms with Crippen molar-refractivity contribution in [1.29, 1.82) is 0 Å². The Hall–Kier alpha value is -2.03. The van der Waals surface area contributed by atoms with Gasteiger partial charge < -0.3 is 9.15 Å². The molecule has 1 heterocycles. The van der Waals surface area contributed by atoms with Gasteiger partial charge in [-0.3, -0.25) is 0 Å². The van der Waals surface area contributed by atoms with E-state index in [0.29, 0.717) is 6.61 Å². The minimum Gasteiger partial charge on any atom is -0.463 e. The Morgan fingerprint density at radius 3 is 3.11 bits per heavy atom. The van der Waals surface area contributed by atoms with E-state index in [9.17, 15) is 4.79 Å². The standard InChI is InChI=1S/C16H18O3/c1-2-18-16(17)11-7-6-9-14-12-13-8-4-3-5-10-15(13)19-14/h4-5,7-8,10-12H,2-3,6,9H2,1H3/b11-7+. The minimum atomic E-state index is -0.288. The van der Waals surface area contributed by atoms with E-state index in [4.69, 9.17) is 9.15 Å². The minimum absolute atomic E-state index is 0.288. The van der Waals surface area contributed by atoms with Crippen LogP contribution in [0, 0.1) is 0 Å². The molecule has 0 aliphatic heterocycles. The molecule has 0 radical (unpaired) electrons. The van der Waals surface area contributed by atoms with Gasteiger partial charge in [0, 0.05) is 18.1 Å². The second-order valence-corrected chi connectivity index (χ2v) is 4.27. The van der Waals surface area contributed by atoms with Crippen LogP contribution in [0.2, 0.25) is 0 Å². The number of allylic oxidation sites excluding steroid dienone is 3. The van der Waals surface area contributed by atoms with E-state index in [-0.39, 0.29) is 5.97 Å². The molecule has 100 valence electrons. The third kappa shape index (κ3) is 3.98. The maximum atomic E-state index is 11.1. The summed E-state index contributed by atoms with van der Waals surface area (Å²) >= 11 is 0. The number of esters is 1. The van der Waals surface area contributed by atoms with E-state index in [1.165, 1.54) is 6.08 Å². The highest BCUT2D eigenvalue weighted by molar-refractivity contribution is 5.81. The normalized spacial score (nSPS) is 13.5. The van der Waals surface area contributed by atoms with Crippen LogP contribution < -0.4 is 0 Å². The molecule has 0 unspecified atom stereocenters. The Balaban J connectivity index is 1.87. The molecule has 0 atom stereocenters. The van der Waals surface area contributed by atoms with E-state index < -0.39 is 0 Å². The van der Waals surface area contributed by atoms with Gasteiger partial charge in [0.25, 0.3) is 0 Å². The Morgan fingerprint density at radius 1 is 1.42 bits per heavy atom. The molecule has 0 aromatic carbocycles. The lowest BCUT2D eigenvalue weighted by molar-refractivity contribution is -0.137. The Bertz CT molecular complexity index is 489. The van der Waals surface area contributed by atoms with Crippen LogP contribution in [0.3, 0.4) is 0 Å². The number of aryl methyl sites for hydroxylation is 1. The van der Waals surface area contributed by atoms with Gasteiger partial charge in [0.05, 0.1) is 6.61 Å². The number of hydrogen-bond donors (Lipinski definition) is 0. The highest BCUT2D eigenvalue weighted by atomic mass is 16.5. The first-order valence-corrected chi connectivity index (χ1v) is 6.58. The first-order valence-electron chi connectivity index (χ1n) is 6.58. The van der Waals surface area contributed by atoms with E-state index in [1.807, 2.05) is 12.2 Å². The third-order valence-electron chi connectivity index (χ3n) is 2.78. The first kappa shape index (κ1) is 13.4. The summed E-state index contributed by atoms with van der Waals surface area (Å²) in [6.07, 6.45) is 14.1. The van der Waals surface area contributed by atoms with Crippen LogP contribution in [0.5, 0.6) is 0 Å². The highest BCUT2D eigenvalue weighted by Crippen LogP contribution is 2.22. The Kier molecular flexibility index (Phi) is 4.78. The fourth-order valence-electron chi connectivity index (χ4n) is 1.90. The predicted octanol–water partition coefficient (Wildman–Crippen LogP) is 3.76. The van der Waals surface area contributed by atoms with Crippen molar-refractivity contribution >= 4 is 18.1 Å². The molecule has 19 heavy (non-hydrogen) atoms. The van der Waals surface area contributed by atoms with Gasteiger partial charge in [0.15, 0.2) is 0 Å². The Morgan fingerprint density at radius 2 is 2.26 bits per heavy atom. The third-order valence-corrected chi connectivity index (χ3v) is 2.78. The van der Waals surface area contributed by atoms with Crippen LogP contribution in [0.15, 0.2) is 34.8 Å². The molecule has 0 spiro atoms. The summed E-state index contributed by atoms with van der Waals surface area (Å²) in [5.74, 6) is 1.57. The second-order valence-electron chi connectivity index (χ2n) is 4.27. The zero-order valence-electron chi connectivity index (χ0n) is 11.1. The van der Waals surface area contributed by atoms with Gasteiger partial charge in [-0.1, -0.05) is 24.3 Å². The fraction of sp³-hybridized carbons (Fsp3) is 0.312. The summed E-state index contributed by atoms with van der Waals surface area (Å²) in [5.41, 5.74) is 1.12. The molecule has 3 heteroatoms. The number of carbonyl (C=O) groups is 1. The lowest BCUT2D eigenvalue weighted by Crippen LogP contribution is -1.98. The summed E-state index contributed by atoms with van der Waals surface area (Å²) in [7, 11) is 0. The van der Waals surface area contributed by atoms with Crippen LogP contribution in [-0.4, -0.2) is 12.6 Å². The zero-order valence-corrected chi connectivity index (χ0v) is 11.1. The van der Waals surface area contributed by atoms with Gasteiger partial charge in [-0.25, -0.2) is 4.79 Å². The Labute approximate surface area is 113 Å². The maximum Gasteiger partial charge on any atom is 0.330 e. The molecule has 0 fully saturated rings. The van der Waals surface area contributed by atoms with E-state index in [0.717, 1.165) is 36.3 Å². The van der Waals surface area contributed by atoms with Gasteiger partial charge in [0.1, 0.15) is 11.5 Å². The molecule has 1 aliphatic rings. The van der Waals surface area contributed by atoms with Gasteiger partial charge >= 0.3 is 5.97 Å². The van der Waals surface area contributed by atoms with Crippen LogP contribution in [0.1, 0.15) is 36.8 Å². The van der Waals surface area contributed by atoms with Gasteiger partial charge in [0.2, 0.25) is 0 Å². The molecule has 1 aromatic rings. The van der Waals surface area contributed by atoms with Crippen molar-refractivity contribution in [3.05, 3.63) is 47.5 Å². The SMILES string of the molecule is CCOC(=O)/C=C/CCc1cc2c(o1)C=CCC=C2. The predicted molar refractivity (Wildman–Crippen MR) is 75.5 cm³/mol. The molecule has 0 N–H and O–H groups in total. The monoisotopic (exact) mass is 258 g/mol. The van der Waals surface area contributed by atoms with Crippen molar-refractivity contribution < 1.29 is 13.9 Å². The summed E-state index contributed by atoms with van der Waals surface area (Å²) in [6.45, 7) is 2.20. The van der Waals surface area contributed by atoms with E-state index in [1.54, 1.807) is 6.92 Å². The van der Waals surface area contributed by atoms with Gasteiger partial charge in [-0.2, -0.15) is 0 Å². The fourth-order valence-corrected chi connectivity index (χ4v) is 1.90. The molecular formula is C16H18O3. The number of rotatable bonds is 5. The zero-order chi connectivity index (χ0) is 13.5. The average Bonchev–Trinajstić information content (AvgIpc) is 2.65. The number of ether oxygens (including phenoxy) is 1. The number of furan rings is 1. The maximum absolute atomic E-state index is 11.1. The molecule has 0 bridgehead atoms. The molecule has 0 amide bonds. The van der Waals surface area contributed by atoms with E-state index in [2.05, 4.69) is 24.3 Å². The molecular weight excluding hydrogens is 240 g/mol. The molecule has 1 aliphatic carbocycles. The van der Waals surface area contributed by atoms with Crippen LogP contribution in [-0.2, 0) is 16.0 Å². The van der Waals surface area contributed by atoms with Gasteiger partial charge in [-0.05, 0) is 31.9 Å². The summed E-state index contributed by atoms with van der Waals surface area (Å²) < 4.78 is 10.6. The summed E-state index contributed by atoms with van der Waals surface area (Å²) in [5, 5.41) is 0. The van der Waals surface area contributed by atoms with Crippen molar-refractivity contribution in [3.8, 4) is 0 Å². The van der Waals surface area contributed by atoms with Crippen LogP contribution in [0.25, 0.3) is 12.2 Å². The average molecular weight is 258 g/mol. The molecule has 2 rings (SSSR count). The highest BCUT2D eigenvalue weighted by Gasteiger charge is 2.07. The molecule has 1 aromatic heterocycles. The number of fused-ring (bicyclic) bond motifs is 1. The van der Waals surface area contributed by atoms with Crippen molar-refractivity contribution in [3.63, 3.8) is 0 Å². The lowest BCUT2D eigenvalue weighted by Gasteiger charge is -1.94. The quantitative estimate of drug-likeness (QED) is 0.596.